The van der Waals surface area contributed by atoms with Gasteiger partial charge in [0.15, 0.2) is 0 Å². The average Bonchev–Trinajstić information content (AvgIpc) is 2.49. The van der Waals surface area contributed by atoms with Crippen LogP contribution in [-0.2, 0) is 0 Å². The fourth-order valence-corrected chi connectivity index (χ4v) is 2.08. The molecule has 0 spiro atoms. The zero-order valence-electron chi connectivity index (χ0n) is 11.3. The highest BCUT2D eigenvalue weighted by molar-refractivity contribution is 5.88. The third kappa shape index (κ3) is 2.53. The number of carboxylic acid groups (broad SMARTS) is 1. The fourth-order valence-electron chi connectivity index (χ4n) is 2.08. The van der Waals surface area contributed by atoms with Gasteiger partial charge in [-0.1, -0.05) is 18.2 Å². The van der Waals surface area contributed by atoms with Crippen molar-refractivity contribution >= 4 is 16.7 Å². The number of aromatic nitrogens is 2. The van der Waals surface area contributed by atoms with Gasteiger partial charge in [-0.3, -0.25) is 0 Å². The number of rotatable bonds is 3. The van der Waals surface area contributed by atoms with E-state index in [1.54, 1.807) is 25.3 Å². The molecule has 5 heteroatoms. The summed E-state index contributed by atoms with van der Waals surface area (Å²) in [6, 6.07) is 12.3. The molecule has 3 rings (SSSR count). The first-order valence-corrected chi connectivity index (χ1v) is 6.37. The standard InChI is InChI=1S/C16H12N2O3/c1-10-8-11(16(19)20)6-7-14(10)21-15-13-5-3-2-4-12(13)9-17-18-15/h2-9H,1H3,(H,19,20). The van der Waals surface area contributed by atoms with Crippen LogP contribution in [0.25, 0.3) is 10.8 Å². The van der Waals surface area contributed by atoms with E-state index in [1.807, 2.05) is 24.3 Å². The van der Waals surface area contributed by atoms with Crippen molar-refractivity contribution in [3.8, 4) is 11.6 Å². The molecule has 1 aromatic heterocycles. The number of hydrogen-bond acceptors (Lipinski definition) is 4. The predicted molar refractivity (Wildman–Crippen MR) is 77.8 cm³/mol. The van der Waals surface area contributed by atoms with Gasteiger partial charge >= 0.3 is 5.97 Å². The molecule has 0 unspecified atom stereocenters. The molecule has 0 amide bonds. The van der Waals surface area contributed by atoms with E-state index in [9.17, 15) is 4.79 Å². The van der Waals surface area contributed by atoms with E-state index in [-0.39, 0.29) is 5.56 Å². The molecule has 0 radical (unpaired) electrons. The van der Waals surface area contributed by atoms with Crippen LogP contribution in [0.2, 0.25) is 0 Å². The third-order valence-electron chi connectivity index (χ3n) is 3.17. The lowest BCUT2D eigenvalue weighted by Crippen LogP contribution is -1.98. The highest BCUT2D eigenvalue weighted by Gasteiger charge is 2.10. The van der Waals surface area contributed by atoms with Crippen LogP contribution in [-0.4, -0.2) is 21.3 Å². The zero-order valence-corrected chi connectivity index (χ0v) is 11.3. The van der Waals surface area contributed by atoms with E-state index in [4.69, 9.17) is 9.84 Å². The Balaban J connectivity index is 2.01. The van der Waals surface area contributed by atoms with E-state index < -0.39 is 5.97 Å². The Hall–Kier alpha value is -2.95. The molecule has 1 heterocycles. The molecule has 104 valence electrons. The van der Waals surface area contributed by atoms with Crippen molar-refractivity contribution < 1.29 is 14.6 Å². The minimum Gasteiger partial charge on any atom is -0.478 e. The maximum Gasteiger partial charge on any atom is 0.335 e. The summed E-state index contributed by atoms with van der Waals surface area (Å²) in [6.45, 7) is 1.79. The number of nitrogens with zero attached hydrogens (tertiary/aromatic N) is 2. The predicted octanol–water partition coefficient (Wildman–Crippen LogP) is 3.43. The lowest BCUT2D eigenvalue weighted by atomic mass is 10.1. The Labute approximate surface area is 120 Å². The summed E-state index contributed by atoms with van der Waals surface area (Å²) in [6.07, 6.45) is 1.67. The van der Waals surface area contributed by atoms with Crippen LogP contribution in [0, 0.1) is 6.92 Å². The van der Waals surface area contributed by atoms with E-state index >= 15 is 0 Å². The highest BCUT2D eigenvalue weighted by Crippen LogP contribution is 2.29. The summed E-state index contributed by atoms with van der Waals surface area (Å²) < 4.78 is 5.79. The summed E-state index contributed by atoms with van der Waals surface area (Å²) in [5.74, 6) is -0.000435. The Kier molecular flexibility index (Phi) is 3.23. The monoisotopic (exact) mass is 280 g/mol. The number of aromatic carboxylic acids is 1. The van der Waals surface area contributed by atoms with E-state index in [2.05, 4.69) is 10.2 Å². The molecule has 0 aliphatic rings. The van der Waals surface area contributed by atoms with Gasteiger partial charge in [0.1, 0.15) is 5.75 Å². The molecule has 0 saturated carbocycles. The number of aryl methyl sites for hydroxylation is 1. The van der Waals surface area contributed by atoms with Crippen molar-refractivity contribution in [3.05, 3.63) is 59.8 Å². The van der Waals surface area contributed by atoms with Crippen LogP contribution in [0.5, 0.6) is 11.6 Å². The van der Waals surface area contributed by atoms with Gasteiger partial charge in [-0.2, -0.15) is 5.10 Å². The number of fused-ring (bicyclic) bond motifs is 1. The van der Waals surface area contributed by atoms with Gasteiger partial charge in [0.05, 0.1) is 11.8 Å². The van der Waals surface area contributed by atoms with Crippen LogP contribution >= 0.6 is 0 Å². The average molecular weight is 280 g/mol. The van der Waals surface area contributed by atoms with Crippen LogP contribution in [0.3, 0.4) is 0 Å². The highest BCUT2D eigenvalue weighted by atomic mass is 16.5. The molecule has 0 aliphatic heterocycles. The number of ether oxygens (including phenoxy) is 1. The quantitative estimate of drug-likeness (QED) is 0.795. The number of carbonyl (C=O) groups is 1. The van der Waals surface area contributed by atoms with Crippen LogP contribution in [0.4, 0.5) is 0 Å². The second kappa shape index (κ2) is 5.20. The molecule has 2 aromatic carbocycles. The van der Waals surface area contributed by atoms with E-state index in [0.717, 1.165) is 16.3 Å². The Morgan fingerprint density at radius 3 is 2.76 bits per heavy atom. The topological polar surface area (TPSA) is 72.3 Å². The van der Waals surface area contributed by atoms with Gasteiger partial charge in [-0.05, 0) is 36.8 Å². The van der Waals surface area contributed by atoms with E-state index in [1.165, 1.54) is 6.07 Å². The smallest absolute Gasteiger partial charge is 0.335 e. The second-order valence-corrected chi connectivity index (χ2v) is 4.62. The maximum atomic E-state index is 10.9. The number of benzene rings is 2. The molecular weight excluding hydrogens is 268 g/mol. The largest absolute Gasteiger partial charge is 0.478 e. The van der Waals surface area contributed by atoms with Crippen molar-refractivity contribution in [1.82, 2.24) is 10.2 Å². The first kappa shape index (κ1) is 13.1. The van der Waals surface area contributed by atoms with Crippen LogP contribution < -0.4 is 4.74 Å². The second-order valence-electron chi connectivity index (χ2n) is 4.62. The first-order chi connectivity index (χ1) is 10.1. The molecular formula is C16H12N2O3. The molecule has 0 bridgehead atoms. The molecule has 3 aromatic rings. The number of hydrogen-bond donors (Lipinski definition) is 1. The van der Waals surface area contributed by atoms with Crippen molar-refractivity contribution in [2.45, 2.75) is 6.92 Å². The molecule has 0 atom stereocenters. The van der Waals surface area contributed by atoms with Gasteiger partial charge in [0, 0.05) is 10.8 Å². The fraction of sp³-hybridized carbons (Fsp3) is 0.0625. The summed E-state index contributed by atoms with van der Waals surface area (Å²) in [5, 5.41) is 18.7. The molecule has 5 nitrogen and oxygen atoms in total. The first-order valence-electron chi connectivity index (χ1n) is 6.37. The maximum absolute atomic E-state index is 10.9. The molecule has 0 saturated heterocycles. The zero-order chi connectivity index (χ0) is 14.8. The number of carboxylic acids is 1. The van der Waals surface area contributed by atoms with Gasteiger partial charge in [-0.25, -0.2) is 4.79 Å². The SMILES string of the molecule is Cc1cc(C(=O)O)ccc1Oc1nncc2ccccc12. The van der Waals surface area contributed by atoms with Gasteiger partial charge in [0.25, 0.3) is 0 Å². The summed E-state index contributed by atoms with van der Waals surface area (Å²) >= 11 is 0. The Bertz CT molecular complexity index is 825. The minimum atomic E-state index is -0.963. The molecule has 0 aliphatic carbocycles. The van der Waals surface area contributed by atoms with Crippen molar-refractivity contribution in [2.75, 3.05) is 0 Å². The summed E-state index contributed by atoms with van der Waals surface area (Å²) in [5.41, 5.74) is 0.952. The normalized spacial score (nSPS) is 10.5. The van der Waals surface area contributed by atoms with Gasteiger partial charge < -0.3 is 9.84 Å². The Morgan fingerprint density at radius 1 is 1.19 bits per heavy atom. The summed E-state index contributed by atoms with van der Waals surface area (Å²) in [4.78, 5) is 10.9. The van der Waals surface area contributed by atoms with Crippen molar-refractivity contribution in [1.29, 1.82) is 0 Å². The lowest BCUT2D eigenvalue weighted by molar-refractivity contribution is 0.0697. The van der Waals surface area contributed by atoms with Gasteiger partial charge in [-0.15, -0.1) is 5.10 Å². The summed E-state index contributed by atoms with van der Waals surface area (Å²) in [7, 11) is 0. The van der Waals surface area contributed by atoms with Gasteiger partial charge in [0.2, 0.25) is 5.88 Å². The molecule has 21 heavy (non-hydrogen) atoms. The minimum absolute atomic E-state index is 0.226. The van der Waals surface area contributed by atoms with E-state index in [0.29, 0.717) is 11.6 Å². The van der Waals surface area contributed by atoms with Crippen molar-refractivity contribution in [3.63, 3.8) is 0 Å². The third-order valence-corrected chi connectivity index (χ3v) is 3.17. The van der Waals surface area contributed by atoms with Crippen LogP contribution in [0.1, 0.15) is 15.9 Å². The lowest BCUT2D eigenvalue weighted by Gasteiger charge is -2.09. The van der Waals surface area contributed by atoms with Crippen LogP contribution in [0.15, 0.2) is 48.7 Å². The molecule has 1 N–H and O–H groups in total. The Morgan fingerprint density at radius 2 is 2.00 bits per heavy atom. The molecule has 0 fully saturated rings. The van der Waals surface area contributed by atoms with Crippen molar-refractivity contribution in [2.24, 2.45) is 0 Å².